The first kappa shape index (κ1) is 8.27. The van der Waals surface area contributed by atoms with Gasteiger partial charge in [-0.1, -0.05) is 6.58 Å². The number of carbonyl (C=O) groups excluding carboxylic acids is 1. The van der Waals surface area contributed by atoms with Crippen molar-refractivity contribution in [3.63, 3.8) is 0 Å². The van der Waals surface area contributed by atoms with Crippen LogP contribution in [0.4, 0.5) is 0 Å². The number of hydrogen-bond donors (Lipinski definition) is 1. The Labute approximate surface area is 66.4 Å². The number of esters is 1. The lowest BCUT2D eigenvalue weighted by Gasteiger charge is -2.10. The highest BCUT2D eigenvalue weighted by atomic mass is 16.6. The summed E-state index contributed by atoms with van der Waals surface area (Å²) in [6.07, 6.45) is 1.91. The van der Waals surface area contributed by atoms with E-state index in [0.717, 1.165) is 19.4 Å². The molecule has 0 radical (unpaired) electrons. The van der Waals surface area contributed by atoms with Crippen molar-refractivity contribution in [2.45, 2.75) is 26.0 Å². The smallest absolute Gasteiger partial charge is 0.334 e. The monoisotopic (exact) mass is 155 g/mol. The molecule has 11 heavy (non-hydrogen) atoms. The van der Waals surface area contributed by atoms with Crippen LogP contribution < -0.4 is 5.32 Å². The third-order valence-electron chi connectivity index (χ3n) is 1.61. The van der Waals surface area contributed by atoms with Gasteiger partial charge in [-0.15, -0.1) is 0 Å². The Hall–Kier alpha value is -0.830. The quantitative estimate of drug-likeness (QED) is 0.474. The molecule has 1 N–H and O–H groups in total. The van der Waals surface area contributed by atoms with Gasteiger partial charge in [0.25, 0.3) is 0 Å². The minimum Gasteiger partial charge on any atom is -0.443 e. The molecule has 0 aromatic heterocycles. The van der Waals surface area contributed by atoms with Crippen molar-refractivity contribution >= 4 is 5.97 Å². The molecule has 1 saturated heterocycles. The molecule has 0 bridgehead atoms. The Morgan fingerprint density at radius 2 is 2.45 bits per heavy atom. The fourth-order valence-corrected chi connectivity index (χ4v) is 0.983. The van der Waals surface area contributed by atoms with Gasteiger partial charge in [0.2, 0.25) is 0 Å². The van der Waals surface area contributed by atoms with Crippen molar-refractivity contribution in [1.82, 2.24) is 5.32 Å². The van der Waals surface area contributed by atoms with E-state index < -0.39 is 0 Å². The molecule has 1 rings (SSSR count). The summed E-state index contributed by atoms with van der Waals surface area (Å²) in [6.45, 7) is 6.08. The van der Waals surface area contributed by atoms with E-state index in [2.05, 4.69) is 11.9 Å². The van der Waals surface area contributed by atoms with E-state index in [9.17, 15) is 4.79 Å². The van der Waals surface area contributed by atoms with E-state index in [-0.39, 0.29) is 12.2 Å². The van der Waals surface area contributed by atoms with Crippen LogP contribution in [0, 0.1) is 0 Å². The maximum atomic E-state index is 10.9. The first-order valence-corrected chi connectivity index (χ1v) is 3.80. The van der Waals surface area contributed by atoms with Crippen molar-refractivity contribution in [2.24, 2.45) is 0 Å². The molecule has 3 heteroatoms. The van der Waals surface area contributed by atoms with Gasteiger partial charge in [0.05, 0.1) is 0 Å². The van der Waals surface area contributed by atoms with Crippen molar-refractivity contribution in [1.29, 1.82) is 0 Å². The fourth-order valence-electron chi connectivity index (χ4n) is 0.983. The van der Waals surface area contributed by atoms with E-state index in [4.69, 9.17) is 4.74 Å². The number of ether oxygens (including phenoxy) is 1. The lowest BCUT2D eigenvalue weighted by Crippen LogP contribution is -2.27. The average molecular weight is 155 g/mol. The fraction of sp³-hybridized carbons (Fsp3) is 0.625. The lowest BCUT2D eigenvalue weighted by molar-refractivity contribution is -0.144. The van der Waals surface area contributed by atoms with E-state index in [0.29, 0.717) is 5.57 Å². The van der Waals surface area contributed by atoms with Gasteiger partial charge in [0, 0.05) is 5.57 Å². The van der Waals surface area contributed by atoms with E-state index >= 15 is 0 Å². The van der Waals surface area contributed by atoms with Crippen LogP contribution in [-0.2, 0) is 9.53 Å². The molecular formula is C8H13NO2. The standard InChI is InChI=1S/C8H13NO2/c1-6(2)8(10)11-7-4-3-5-9-7/h7,9H,1,3-5H2,2H3. The third kappa shape index (κ3) is 2.35. The first-order chi connectivity index (χ1) is 5.20. The van der Waals surface area contributed by atoms with Crippen LogP contribution in [-0.4, -0.2) is 18.7 Å². The minimum absolute atomic E-state index is 0.0841. The summed E-state index contributed by atoms with van der Waals surface area (Å²) in [5.41, 5.74) is 0.457. The molecule has 0 saturated carbocycles. The summed E-state index contributed by atoms with van der Waals surface area (Å²) in [4.78, 5) is 10.9. The largest absolute Gasteiger partial charge is 0.443 e. The van der Waals surface area contributed by atoms with Gasteiger partial charge in [-0.05, 0) is 26.3 Å². The molecule has 0 spiro atoms. The summed E-state index contributed by atoms with van der Waals surface area (Å²) < 4.78 is 5.02. The van der Waals surface area contributed by atoms with Gasteiger partial charge >= 0.3 is 5.97 Å². The molecule has 0 aromatic rings. The zero-order valence-corrected chi connectivity index (χ0v) is 6.72. The number of nitrogens with one attached hydrogen (secondary N) is 1. The summed E-state index contributed by atoms with van der Waals surface area (Å²) in [5, 5.41) is 3.06. The zero-order valence-electron chi connectivity index (χ0n) is 6.72. The minimum atomic E-state index is -0.301. The first-order valence-electron chi connectivity index (χ1n) is 3.80. The molecule has 0 aliphatic carbocycles. The molecule has 0 aromatic carbocycles. The number of carbonyl (C=O) groups is 1. The Kier molecular flexibility index (Phi) is 2.65. The summed E-state index contributed by atoms with van der Waals surface area (Å²) in [5.74, 6) is -0.301. The van der Waals surface area contributed by atoms with Crippen LogP contribution in [0.1, 0.15) is 19.8 Å². The van der Waals surface area contributed by atoms with Crippen molar-refractivity contribution in [3.05, 3.63) is 12.2 Å². The molecule has 1 heterocycles. The van der Waals surface area contributed by atoms with Gasteiger partial charge in [0.1, 0.15) is 0 Å². The second-order valence-electron chi connectivity index (χ2n) is 2.77. The highest BCUT2D eigenvalue weighted by Gasteiger charge is 2.17. The Morgan fingerprint density at radius 3 is 2.91 bits per heavy atom. The maximum absolute atomic E-state index is 10.9. The maximum Gasteiger partial charge on any atom is 0.334 e. The van der Waals surface area contributed by atoms with Crippen LogP contribution in [0.3, 0.4) is 0 Å². The predicted octanol–water partition coefficient (Wildman–Crippen LogP) is 0.815. The van der Waals surface area contributed by atoms with Gasteiger partial charge in [-0.25, -0.2) is 4.79 Å². The molecule has 3 nitrogen and oxygen atoms in total. The molecule has 1 unspecified atom stereocenters. The Bertz CT molecular complexity index is 171. The zero-order chi connectivity index (χ0) is 8.27. The van der Waals surface area contributed by atoms with Crippen LogP contribution in [0.2, 0.25) is 0 Å². The van der Waals surface area contributed by atoms with E-state index in [1.807, 2.05) is 0 Å². The normalized spacial score (nSPS) is 23.2. The van der Waals surface area contributed by atoms with E-state index in [1.165, 1.54) is 0 Å². The molecule has 0 amide bonds. The van der Waals surface area contributed by atoms with E-state index in [1.54, 1.807) is 6.92 Å². The molecule has 62 valence electrons. The van der Waals surface area contributed by atoms with Gasteiger partial charge in [0.15, 0.2) is 6.23 Å². The van der Waals surface area contributed by atoms with Gasteiger partial charge in [-0.2, -0.15) is 0 Å². The molecule has 1 fully saturated rings. The van der Waals surface area contributed by atoms with Crippen LogP contribution in [0.15, 0.2) is 12.2 Å². The van der Waals surface area contributed by atoms with Crippen LogP contribution >= 0.6 is 0 Å². The highest BCUT2D eigenvalue weighted by Crippen LogP contribution is 2.07. The second kappa shape index (κ2) is 3.53. The summed E-state index contributed by atoms with van der Waals surface area (Å²) >= 11 is 0. The van der Waals surface area contributed by atoms with Crippen molar-refractivity contribution in [3.8, 4) is 0 Å². The Balaban J connectivity index is 2.29. The predicted molar refractivity (Wildman–Crippen MR) is 41.9 cm³/mol. The van der Waals surface area contributed by atoms with Crippen LogP contribution in [0.5, 0.6) is 0 Å². The lowest BCUT2D eigenvalue weighted by atomic mass is 10.3. The Morgan fingerprint density at radius 1 is 1.73 bits per heavy atom. The van der Waals surface area contributed by atoms with Crippen molar-refractivity contribution < 1.29 is 9.53 Å². The molecule has 1 atom stereocenters. The third-order valence-corrected chi connectivity index (χ3v) is 1.61. The summed E-state index contributed by atoms with van der Waals surface area (Å²) in [6, 6.07) is 0. The molecular weight excluding hydrogens is 142 g/mol. The van der Waals surface area contributed by atoms with Crippen molar-refractivity contribution in [2.75, 3.05) is 6.54 Å². The average Bonchev–Trinajstić information content (AvgIpc) is 2.39. The molecule has 1 aliphatic heterocycles. The van der Waals surface area contributed by atoms with Gasteiger partial charge < -0.3 is 4.74 Å². The second-order valence-corrected chi connectivity index (χ2v) is 2.77. The topological polar surface area (TPSA) is 38.3 Å². The summed E-state index contributed by atoms with van der Waals surface area (Å²) in [7, 11) is 0. The number of rotatable bonds is 2. The SMILES string of the molecule is C=C(C)C(=O)OC1CCCN1. The number of hydrogen-bond acceptors (Lipinski definition) is 3. The highest BCUT2D eigenvalue weighted by molar-refractivity contribution is 5.87. The van der Waals surface area contributed by atoms with Crippen LogP contribution in [0.25, 0.3) is 0 Å². The molecule has 1 aliphatic rings. The van der Waals surface area contributed by atoms with Gasteiger partial charge in [-0.3, -0.25) is 5.32 Å².